The highest BCUT2D eigenvalue weighted by atomic mass is 16.1. The third-order valence-electron chi connectivity index (χ3n) is 5.40. The minimum atomic E-state index is 0.0911. The average molecular weight is 325 g/mol. The molecular weight excluding hydrogens is 302 g/mol. The molecule has 6 nitrogen and oxygen atoms in total. The fraction of sp³-hybridized carbons (Fsp3) is 0.500. The van der Waals surface area contributed by atoms with Gasteiger partial charge in [-0.15, -0.1) is 5.10 Å². The van der Waals surface area contributed by atoms with Crippen molar-refractivity contribution in [1.82, 2.24) is 20.3 Å². The van der Waals surface area contributed by atoms with Gasteiger partial charge in [-0.05, 0) is 31.4 Å². The number of carbonyl (C=O) groups excluding carboxylic acids is 1. The first kappa shape index (κ1) is 15.5. The Morgan fingerprint density at radius 3 is 2.88 bits per heavy atom. The highest BCUT2D eigenvalue weighted by Crippen LogP contribution is 2.38. The van der Waals surface area contributed by atoms with Gasteiger partial charge in [-0.25, -0.2) is 4.68 Å². The van der Waals surface area contributed by atoms with E-state index in [-0.39, 0.29) is 18.0 Å². The number of Topliss-reactive ketones (excluding diaryl/α,β-unsaturated/α-hetero) is 1. The van der Waals surface area contributed by atoms with Crippen molar-refractivity contribution in [3.05, 3.63) is 42.2 Å². The summed E-state index contributed by atoms with van der Waals surface area (Å²) in [5.74, 6) is 0.756. The van der Waals surface area contributed by atoms with Crippen molar-refractivity contribution in [3.8, 4) is 5.69 Å². The summed E-state index contributed by atoms with van der Waals surface area (Å²) in [5, 5.41) is 12.2. The van der Waals surface area contributed by atoms with Crippen molar-refractivity contribution < 1.29 is 4.79 Å². The molecule has 3 N–H and O–H groups in total. The van der Waals surface area contributed by atoms with E-state index in [9.17, 15) is 4.79 Å². The lowest BCUT2D eigenvalue weighted by molar-refractivity contribution is -0.127. The summed E-state index contributed by atoms with van der Waals surface area (Å²) in [7, 11) is 0. The molecule has 24 heavy (non-hydrogen) atoms. The quantitative estimate of drug-likeness (QED) is 0.891. The number of rotatable bonds is 3. The molecule has 2 aromatic rings. The van der Waals surface area contributed by atoms with Gasteiger partial charge in [-0.3, -0.25) is 4.79 Å². The Labute approximate surface area is 141 Å². The van der Waals surface area contributed by atoms with Gasteiger partial charge < -0.3 is 11.1 Å². The predicted octanol–water partition coefficient (Wildman–Crippen LogP) is 1.41. The van der Waals surface area contributed by atoms with Crippen LogP contribution >= 0.6 is 0 Å². The fourth-order valence-corrected chi connectivity index (χ4v) is 4.07. The maximum absolute atomic E-state index is 12.5. The molecule has 0 radical (unpaired) electrons. The Balaban J connectivity index is 1.49. The third-order valence-corrected chi connectivity index (χ3v) is 5.40. The molecule has 1 saturated carbocycles. The van der Waals surface area contributed by atoms with Crippen LogP contribution in [0.5, 0.6) is 0 Å². The zero-order valence-corrected chi connectivity index (χ0v) is 13.6. The number of benzene rings is 1. The molecule has 2 fully saturated rings. The largest absolute Gasteiger partial charge is 0.329 e. The second-order valence-corrected chi connectivity index (χ2v) is 6.92. The van der Waals surface area contributed by atoms with Crippen LogP contribution in [0.4, 0.5) is 0 Å². The molecule has 1 aromatic heterocycles. The second kappa shape index (κ2) is 6.45. The molecule has 0 spiro atoms. The first-order valence-corrected chi connectivity index (χ1v) is 8.71. The van der Waals surface area contributed by atoms with E-state index in [1.54, 1.807) is 0 Å². The van der Waals surface area contributed by atoms with E-state index in [2.05, 4.69) is 15.6 Å². The molecule has 0 amide bonds. The number of hydrogen-bond donors (Lipinski definition) is 2. The van der Waals surface area contributed by atoms with Gasteiger partial charge >= 0.3 is 0 Å². The number of piperidine rings is 1. The van der Waals surface area contributed by atoms with Crippen LogP contribution in [0.3, 0.4) is 0 Å². The minimum absolute atomic E-state index is 0.0911. The number of ketones is 1. The SMILES string of the molecule is NCC1CC(=O)C2CC(c3cn(-c4ccccc4)nn3)CCC2N1. The minimum Gasteiger partial charge on any atom is -0.329 e. The van der Waals surface area contributed by atoms with E-state index in [0.29, 0.717) is 24.7 Å². The molecule has 1 saturated heterocycles. The van der Waals surface area contributed by atoms with Crippen molar-refractivity contribution in [2.24, 2.45) is 11.7 Å². The first-order valence-electron chi connectivity index (χ1n) is 8.71. The van der Waals surface area contributed by atoms with Crippen LogP contribution in [0.2, 0.25) is 0 Å². The Kier molecular flexibility index (Phi) is 4.16. The second-order valence-electron chi connectivity index (χ2n) is 6.92. The summed E-state index contributed by atoms with van der Waals surface area (Å²) in [4.78, 5) is 12.5. The van der Waals surface area contributed by atoms with Crippen LogP contribution < -0.4 is 11.1 Å². The number of nitrogens with zero attached hydrogens (tertiary/aromatic N) is 3. The highest BCUT2D eigenvalue weighted by Gasteiger charge is 2.40. The van der Waals surface area contributed by atoms with E-state index in [1.807, 2.05) is 41.2 Å². The molecule has 4 rings (SSSR count). The first-order chi connectivity index (χ1) is 11.7. The molecule has 126 valence electrons. The number of para-hydroxylation sites is 1. The summed E-state index contributed by atoms with van der Waals surface area (Å²) in [6.07, 6.45) is 5.45. The maximum Gasteiger partial charge on any atom is 0.139 e. The van der Waals surface area contributed by atoms with Crippen LogP contribution in [0.15, 0.2) is 36.5 Å². The van der Waals surface area contributed by atoms with Gasteiger partial charge in [0.1, 0.15) is 5.78 Å². The smallest absolute Gasteiger partial charge is 0.139 e. The molecule has 6 heteroatoms. The van der Waals surface area contributed by atoms with E-state index >= 15 is 0 Å². The van der Waals surface area contributed by atoms with Crippen molar-refractivity contribution >= 4 is 5.78 Å². The Bertz CT molecular complexity index is 713. The Morgan fingerprint density at radius 1 is 1.25 bits per heavy atom. The van der Waals surface area contributed by atoms with Crippen LogP contribution in [0.25, 0.3) is 5.69 Å². The molecule has 0 bridgehead atoms. The van der Waals surface area contributed by atoms with Gasteiger partial charge in [0.2, 0.25) is 0 Å². The fourth-order valence-electron chi connectivity index (χ4n) is 4.07. The number of aromatic nitrogens is 3. The van der Waals surface area contributed by atoms with Gasteiger partial charge in [0, 0.05) is 36.9 Å². The van der Waals surface area contributed by atoms with E-state index in [1.165, 1.54) is 0 Å². The maximum atomic E-state index is 12.5. The number of fused-ring (bicyclic) bond motifs is 1. The van der Waals surface area contributed by atoms with Gasteiger partial charge in [-0.2, -0.15) is 0 Å². The van der Waals surface area contributed by atoms with Crippen LogP contribution in [-0.4, -0.2) is 39.4 Å². The lowest BCUT2D eigenvalue weighted by Gasteiger charge is -2.41. The normalized spacial score (nSPS) is 30.1. The number of nitrogens with two attached hydrogens (primary N) is 1. The number of nitrogens with one attached hydrogen (secondary N) is 1. The molecule has 2 aliphatic rings. The monoisotopic (exact) mass is 325 g/mol. The summed E-state index contributed by atoms with van der Waals surface area (Å²) >= 11 is 0. The standard InChI is InChI=1S/C18H23N5O/c19-10-13-9-18(24)15-8-12(6-7-16(15)20-13)17-11-23(22-21-17)14-4-2-1-3-5-14/h1-5,11-13,15-16,20H,6-10,19H2. The van der Waals surface area contributed by atoms with Gasteiger partial charge in [0.15, 0.2) is 0 Å². The molecule has 2 heterocycles. The van der Waals surface area contributed by atoms with Crippen molar-refractivity contribution in [2.75, 3.05) is 6.54 Å². The summed E-state index contributed by atoms with van der Waals surface area (Å²) in [5.41, 5.74) is 7.73. The van der Waals surface area contributed by atoms with Crippen LogP contribution in [0.1, 0.15) is 37.3 Å². The lowest BCUT2D eigenvalue weighted by atomic mass is 9.71. The summed E-state index contributed by atoms with van der Waals surface area (Å²) in [6, 6.07) is 10.4. The number of hydrogen-bond acceptors (Lipinski definition) is 5. The molecule has 1 aliphatic heterocycles. The van der Waals surface area contributed by atoms with Crippen molar-refractivity contribution in [1.29, 1.82) is 0 Å². The molecule has 4 unspecified atom stereocenters. The van der Waals surface area contributed by atoms with E-state index in [4.69, 9.17) is 5.73 Å². The van der Waals surface area contributed by atoms with Gasteiger partial charge in [0.05, 0.1) is 17.6 Å². The van der Waals surface area contributed by atoms with Gasteiger partial charge in [0.25, 0.3) is 0 Å². The van der Waals surface area contributed by atoms with Crippen molar-refractivity contribution in [2.45, 2.75) is 43.7 Å². The zero-order chi connectivity index (χ0) is 16.5. The van der Waals surface area contributed by atoms with Gasteiger partial charge in [-0.1, -0.05) is 23.4 Å². The summed E-state index contributed by atoms with van der Waals surface area (Å²) < 4.78 is 1.81. The average Bonchev–Trinajstić information content (AvgIpc) is 3.12. The lowest BCUT2D eigenvalue weighted by Crippen LogP contribution is -2.56. The van der Waals surface area contributed by atoms with Crippen LogP contribution in [0, 0.1) is 5.92 Å². The molecule has 4 atom stereocenters. The molecule has 1 aromatic carbocycles. The topological polar surface area (TPSA) is 85.8 Å². The number of carbonyl (C=O) groups is 1. The molecule has 1 aliphatic carbocycles. The van der Waals surface area contributed by atoms with Crippen molar-refractivity contribution in [3.63, 3.8) is 0 Å². The predicted molar refractivity (Wildman–Crippen MR) is 90.8 cm³/mol. The Hall–Kier alpha value is -2.05. The van der Waals surface area contributed by atoms with Crippen LogP contribution in [-0.2, 0) is 4.79 Å². The highest BCUT2D eigenvalue weighted by molar-refractivity contribution is 5.83. The third kappa shape index (κ3) is 2.87. The van der Waals surface area contributed by atoms with E-state index < -0.39 is 0 Å². The zero-order valence-electron chi connectivity index (χ0n) is 13.6. The Morgan fingerprint density at radius 2 is 2.08 bits per heavy atom. The van der Waals surface area contributed by atoms with E-state index in [0.717, 1.165) is 30.6 Å². The molecular formula is C18H23N5O. The summed E-state index contributed by atoms with van der Waals surface area (Å²) in [6.45, 7) is 0.532.